The van der Waals surface area contributed by atoms with Crippen molar-refractivity contribution >= 4 is 5.91 Å². The molecule has 7 heteroatoms. The highest BCUT2D eigenvalue weighted by atomic mass is 16.5. The lowest BCUT2D eigenvalue weighted by Gasteiger charge is -2.17. The van der Waals surface area contributed by atoms with Crippen molar-refractivity contribution in [1.82, 2.24) is 24.3 Å². The highest BCUT2D eigenvalue weighted by molar-refractivity contribution is 5.94. The minimum atomic E-state index is 0.0246. The fourth-order valence-corrected chi connectivity index (χ4v) is 3.06. The van der Waals surface area contributed by atoms with E-state index in [0.717, 1.165) is 25.3 Å². The molecule has 25 heavy (non-hydrogen) atoms. The molecule has 0 radical (unpaired) electrons. The lowest BCUT2D eigenvalue weighted by atomic mass is 10.1. The highest BCUT2D eigenvalue weighted by Gasteiger charge is 2.30. The van der Waals surface area contributed by atoms with Gasteiger partial charge in [0.05, 0.1) is 0 Å². The summed E-state index contributed by atoms with van der Waals surface area (Å²) in [5.41, 5.74) is 0.621. The van der Waals surface area contributed by atoms with Crippen LogP contribution in [-0.4, -0.2) is 70.6 Å². The van der Waals surface area contributed by atoms with Crippen LogP contribution in [0.3, 0.4) is 0 Å². The summed E-state index contributed by atoms with van der Waals surface area (Å²) in [5.74, 6) is 1.85. The van der Waals surface area contributed by atoms with Gasteiger partial charge in [-0.2, -0.15) is 0 Å². The van der Waals surface area contributed by atoms with E-state index in [1.165, 1.54) is 0 Å². The lowest BCUT2D eigenvalue weighted by molar-refractivity contribution is 0.0789. The van der Waals surface area contributed by atoms with Gasteiger partial charge in [0.2, 0.25) is 5.88 Å². The molecule has 134 valence electrons. The minimum Gasteiger partial charge on any atom is -0.476 e. The molecule has 1 saturated heterocycles. The van der Waals surface area contributed by atoms with Crippen LogP contribution < -0.4 is 4.74 Å². The third-order valence-electron chi connectivity index (χ3n) is 4.47. The van der Waals surface area contributed by atoms with Crippen molar-refractivity contribution in [3.63, 3.8) is 0 Å². The molecule has 1 fully saturated rings. The second-order valence-corrected chi connectivity index (χ2v) is 6.67. The molecule has 0 spiro atoms. The SMILES string of the molecule is CN(C)CCOc1cc(C(=O)N2CCC(c3nccn3C)C2)ccn1. The predicted molar refractivity (Wildman–Crippen MR) is 94.8 cm³/mol. The average molecular weight is 343 g/mol. The molecule has 2 aromatic rings. The van der Waals surface area contributed by atoms with E-state index in [9.17, 15) is 4.79 Å². The van der Waals surface area contributed by atoms with Gasteiger partial charge >= 0.3 is 0 Å². The molecule has 0 N–H and O–H groups in total. The number of amides is 1. The van der Waals surface area contributed by atoms with Crippen molar-refractivity contribution in [2.24, 2.45) is 7.05 Å². The van der Waals surface area contributed by atoms with Gasteiger partial charge in [-0.1, -0.05) is 0 Å². The average Bonchev–Trinajstić information content (AvgIpc) is 3.23. The first-order valence-corrected chi connectivity index (χ1v) is 8.54. The number of rotatable bonds is 6. The number of hydrogen-bond donors (Lipinski definition) is 0. The largest absolute Gasteiger partial charge is 0.476 e. The van der Waals surface area contributed by atoms with Crippen LogP contribution in [-0.2, 0) is 7.05 Å². The van der Waals surface area contributed by atoms with Crippen LogP contribution in [0.1, 0.15) is 28.5 Å². The molecular weight excluding hydrogens is 318 g/mol. The number of pyridine rings is 1. The zero-order valence-corrected chi connectivity index (χ0v) is 15.1. The minimum absolute atomic E-state index is 0.0246. The van der Waals surface area contributed by atoms with E-state index < -0.39 is 0 Å². The zero-order valence-electron chi connectivity index (χ0n) is 15.1. The number of likely N-dealkylation sites (tertiary alicyclic amines) is 1. The Morgan fingerprint density at radius 3 is 2.92 bits per heavy atom. The summed E-state index contributed by atoms with van der Waals surface area (Å²) in [6.07, 6.45) is 6.32. The maximum Gasteiger partial charge on any atom is 0.254 e. The summed E-state index contributed by atoms with van der Waals surface area (Å²) >= 11 is 0. The maximum atomic E-state index is 12.8. The summed E-state index contributed by atoms with van der Waals surface area (Å²) in [7, 11) is 5.97. The molecule has 3 rings (SSSR count). The number of carbonyl (C=O) groups is 1. The topological polar surface area (TPSA) is 63.5 Å². The second kappa shape index (κ2) is 7.65. The molecule has 0 bridgehead atoms. The number of aromatic nitrogens is 3. The van der Waals surface area contributed by atoms with Crippen LogP contribution in [0.25, 0.3) is 0 Å². The van der Waals surface area contributed by atoms with Crippen LogP contribution >= 0.6 is 0 Å². The highest BCUT2D eigenvalue weighted by Crippen LogP contribution is 2.27. The van der Waals surface area contributed by atoms with Crippen molar-refractivity contribution in [3.8, 4) is 5.88 Å². The molecule has 7 nitrogen and oxygen atoms in total. The van der Waals surface area contributed by atoms with Gasteiger partial charge in [-0.05, 0) is 26.6 Å². The molecule has 2 aromatic heterocycles. The number of imidazole rings is 1. The van der Waals surface area contributed by atoms with E-state index in [1.54, 1.807) is 24.5 Å². The van der Waals surface area contributed by atoms with Gasteiger partial charge in [-0.15, -0.1) is 0 Å². The fourth-order valence-electron chi connectivity index (χ4n) is 3.06. The third kappa shape index (κ3) is 4.17. The summed E-state index contributed by atoms with van der Waals surface area (Å²) in [6, 6.07) is 3.47. The number of nitrogens with zero attached hydrogens (tertiary/aromatic N) is 5. The normalized spacial score (nSPS) is 17.3. The summed E-state index contributed by atoms with van der Waals surface area (Å²) in [6.45, 7) is 2.79. The Hall–Kier alpha value is -2.41. The van der Waals surface area contributed by atoms with Crippen LogP contribution in [0.2, 0.25) is 0 Å². The molecule has 0 saturated carbocycles. The molecule has 1 amide bonds. The number of hydrogen-bond acceptors (Lipinski definition) is 5. The van der Waals surface area contributed by atoms with Crippen LogP contribution in [0, 0.1) is 0 Å². The molecular formula is C18H25N5O2. The third-order valence-corrected chi connectivity index (χ3v) is 4.47. The van der Waals surface area contributed by atoms with E-state index in [4.69, 9.17) is 4.74 Å². The molecule has 1 atom stereocenters. The van der Waals surface area contributed by atoms with Gasteiger partial charge in [0, 0.05) is 62.8 Å². The van der Waals surface area contributed by atoms with E-state index >= 15 is 0 Å². The molecule has 1 aliphatic heterocycles. The van der Waals surface area contributed by atoms with Crippen molar-refractivity contribution in [3.05, 3.63) is 42.1 Å². The van der Waals surface area contributed by atoms with E-state index in [0.29, 0.717) is 30.5 Å². The second-order valence-electron chi connectivity index (χ2n) is 6.67. The van der Waals surface area contributed by atoms with Crippen molar-refractivity contribution < 1.29 is 9.53 Å². The Labute approximate surface area is 148 Å². The first kappa shape index (κ1) is 17.4. The predicted octanol–water partition coefficient (Wildman–Crippen LogP) is 1.39. The van der Waals surface area contributed by atoms with E-state index in [2.05, 4.69) is 9.97 Å². The number of carbonyl (C=O) groups excluding carboxylic acids is 1. The standard InChI is InChI=1S/C18H25N5O2/c1-21(2)10-11-25-16-12-14(4-6-19-16)18(24)23-8-5-15(13-23)17-20-7-9-22(17)3/h4,6-7,9,12,15H,5,8,10-11,13H2,1-3H3. The molecule has 3 heterocycles. The summed E-state index contributed by atoms with van der Waals surface area (Å²) in [4.78, 5) is 25.3. The van der Waals surface area contributed by atoms with Crippen LogP contribution in [0.5, 0.6) is 5.88 Å². The summed E-state index contributed by atoms with van der Waals surface area (Å²) in [5, 5.41) is 0. The van der Waals surface area contributed by atoms with Gasteiger partial charge in [0.25, 0.3) is 5.91 Å². The maximum absolute atomic E-state index is 12.8. The van der Waals surface area contributed by atoms with E-state index in [-0.39, 0.29) is 5.91 Å². The van der Waals surface area contributed by atoms with Gasteiger partial charge in [0.1, 0.15) is 12.4 Å². The van der Waals surface area contributed by atoms with Crippen molar-refractivity contribution in [2.75, 3.05) is 40.3 Å². The Kier molecular flexibility index (Phi) is 5.33. The number of ether oxygens (including phenoxy) is 1. The van der Waals surface area contributed by atoms with Gasteiger partial charge < -0.3 is 19.1 Å². The van der Waals surface area contributed by atoms with Crippen molar-refractivity contribution in [1.29, 1.82) is 0 Å². The Morgan fingerprint density at radius 2 is 2.20 bits per heavy atom. The Bertz CT molecular complexity index is 728. The molecule has 1 unspecified atom stereocenters. The number of aryl methyl sites for hydroxylation is 1. The zero-order chi connectivity index (χ0) is 17.8. The van der Waals surface area contributed by atoms with Crippen LogP contribution in [0.15, 0.2) is 30.7 Å². The smallest absolute Gasteiger partial charge is 0.254 e. The number of likely N-dealkylation sites (N-methyl/N-ethyl adjacent to an activating group) is 1. The fraction of sp³-hybridized carbons (Fsp3) is 0.500. The van der Waals surface area contributed by atoms with E-state index in [1.807, 2.05) is 41.7 Å². The Balaban J connectivity index is 1.62. The van der Waals surface area contributed by atoms with Gasteiger partial charge in [0.15, 0.2) is 0 Å². The van der Waals surface area contributed by atoms with Gasteiger partial charge in [-0.25, -0.2) is 9.97 Å². The van der Waals surface area contributed by atoms with Crippen LogP contribution in [0.4, 0.5) is 0 Å². The first-order chi connectivity index (χ1) is 12.0. The molecule has 0 aliphatic carbocycles. The van der Waals surface area contributed by atoms with Crippen molar-refractivity contribution in [2.45, 2.75) is 12.3 Å². The lowest BCUT2D eigenvalue weighted by Crippen LogP contribution is -2.28. The monoisotopic (exact) mass is 343 g/mol. The quantitative estimate of drug-likeness (QED) is 0.793. The first-order valence-electron chi connectivity index (χ1n) is 8.54. The summed E-state index contributed by atoms with van der Waals surface area (Å²) < 4.78 is 7.66. The molecule has 1 aliphatic rings. The Morgan fingerprint density at radius 1 is 1.36 bits per heavy atom. The molecule has 0 aromatic carbocycles. The van der Waals surface area contributed by atoms with Gasteiger partial charge in [-0.3, -0.25) is 4.79 Å².